The van der Waals surface area contributed by atoms with Gasteiger partial charge in [-0.3, -0.25) is 4.79 Å². The van der Waals surface area contributed by atoms with Crippen LogP contribution in [0.4, 0.5) is 5.69 Å². The van der Waals surface area contributed by atoms with Gasteiger partial charge in [0.15, 0.2) is 0 Å². The maximum absolute atomic E-state index is 11.1. The average molecular weight is 260 g/mol. The lowest BCUT2D eigenvalue weighted by molar-refractivity contribution is -0.117. The van der Waals surface area contributed by atoms with Crippen LogP contribution in [0.15, 0.2) is 24.3 Å². The molecule has 0 heterocycles. The Morgan fingerprint density at radius 2 is 2.00 bits per heavy atom. The second-order valence-corrected chi connectivity index (χ2v) is 5.63. The number of nitrogens with two attached hydrogens (primary N) is 1. The van der Waals surface area contributed by atoms with Gasteiger partial charge in [0.05, 0.1) is 6.42 Å². The molecule has 0 spiro atoms. The molecule has 1 fully saturated rings. The van der Waals surface area contributed by atoms with Crippen molar-refractivity contribution in [1.82, 2.24) is 0 Å². The summed E-state index contributed by atoms with van der Waals surface area (Å²) in [5.74, 6) is 0.468. The van der Waals surface area contributed by atoms with E-state index in [1.165, 1.54) is 32.1 Å². The van der Waals surface area contributed by atoms with E-state index < -0.39 is 0 Å². The Bertz CT molecular complexity index is 425. The summed E-state index contributed by atoms with van der Waals surface area (Å²) in [5.41, 5.74) is 7.35. The number of carbonyl (C=O) groups is 1. The van der Waals surface area contributed by atoms with Crippen molar-refractivity contribution < 1.29 is 4.79 Å². The molecule has 1 aromatic carbocycles. The number of benzene rings is 1. The number of para-hydroxylation sites is 1. The smallest absolute Gasteiger partial charge is 0.221 e. The summed E-state index contributed by atoms with van der Waals surface area (Å²) in [6.07, 6.45) is 7.00. The van der Waals surface area contributed by atoms with E-state index in [0.29, 0.717) is 12.5 Å². The molecule has 1 aliphatic carbocycles. The van der Waals surface area contributed by atoms with Gasteiger partial charge in [0.25, 0.3) is 0 Å². The highest BCUT2D eigenvalue weighted by molar-refractivity contribution is 5.78. The van der Waals surface area contributed by atoms with E-state index >= 15 is 0 Å². The number of hydrogen-bond acceptors (Lipinski definition) is 2. The van der Waals surface area contributed by atoms with Crippen molar-refractivity contribution in [3.8, 4) is 0 Å². The zero-order chi connectivity index (χ0) is 13.7. The Hall–Kier alpha value is -1.51. The molecular weight excluding hydrogens is 236 g/mol. The van der Waals surface area contributed by atoms with Crippen LogP contribution in [0.5, 0.6) is 0 Å². The fraction of sp³-hybridized carbons (Fsp3) is 0.562. The molecule has 0 radical (unpaired) electrons. The number of carbonyl (C=O) groups excluding carboxylic acids is 1. The third kappa shape index (κ3) is 3.98. The molecule has 104 valence electrons. The van der Waals surface area contributed by atoms with Crippen LogP contribution in [-0.2, 0) is 11.2 Å². The zero-order valence-electron chi connectivity index (χ0n) is 11.7. The summed E-state index contributed by atoms with van der Waals surface area (Å²) in [7, 11) is 0. The lowest BCUT2D eigenvalue weighted by atomic mass is 9.84. The van der Waals surface area contributed by atoms with Crippen molar-refractivity contribution >= 4 is 11.6 Å². The van der Waals surface area contributed by atoms with Crippen LogP contribution >= 0.6 is 0 Å². The highest BCUT2D eigenvalue weighted by Crippen LogP contribution is 2.28. The fourth-order valence-electron chi connectivity index (χ4n) is 3.00. The van der Waals surface area contributed by atoms with Gasteiger partial charge in [-0.2, -0.15) is 0 Å². The molecule has 0 aliphatic heterocycles. The van der Waals surface area contributed by atoms with Crippen molar-refractivity contribution in [3.63, 3.8) is 0 Å². The van der Waals surface area contributed by atoms with Crippen LogP contribution in [0.3, 0.4) is 0 Å². The van der Waals surface area contributed by atoms with E-state index in [1.54, 1.807) is 0 Å². The van der Waals surface area contributed by atoms with Crippen LogP contribution in [0.2, 0.25) is 0 Å². The summed E-state index contributed by atoms with van der Waals surface area (Å²) in [6, 6.07) is 8.42. The Morgan fingerprint density at radius 1 is 1.32 bits per heavy atom. The molecule has 1 amide bonds. The summed E-state index contributed by atoms with van der Waals surface area (Å²) >= 11 is 0. The van der Waals surface area contributed by atoms with E-state index in [2.05, 4.69) is 12.2 Å². The van der Waals surface area contributed by atoms with Gasteiger partial charge >= 0.3 is 0 Å². The molecule has 3 heteroatoms. The number of anilines is 1. The summed E-state index contributed by atoms with van der Waals surface area (Å²) in [6.45, 7) is 2.25. The first-order valence-electron chi connectivity index (χ1n) is 7.29. The second-order valence-electron chi connectivity index (χ2n) is 5.63. The number of amides is 1. The number of primary amides is 1. The Balaban J connectivity index is 2.02. The lowest BCUT2D eigenvalue weighted by Gasteiger charge is -2.29. The molecular formula is C16H24N2O. The normalized spacial score (nSPS) is 17.9. The summed E-state index contributed by atoms with van der Waals surface area (Å²) in [5, 5.41) is 3.58. The minimum Gasteiger partial charge on any atom is -0.382 e. The SMILES string of the molecule is CC(Nc1ccccc1CC(N)=O)C1CCCCC1. The molecule has 19 heavy (non-hydrogen) atoms. The zero-order valence-corrected chi connectivity index (χ0v) is 11.7. The molecule has 1 saturated carbocycles. The second kappa shape index (κ2) is 6.60. The third-order valence-corrected chi connectivity index (χ3v) is 4.12. The van der Waals surface area contributed by atoms with E-state index in [9.17, 15) is 4.79 Å². The Labute approximate surface area is 115 Å². The Kier molecular flexibility index (Phi) is 4.83. The van der Waals surface area contributed by atoms with Gasteiger partial charge in [0.1, 0.15) is 0 Å². The maximum atomic E-state index is 11.1. The number of hydrogen-bond donors (Lipinski definition) is 2. The van der Waals surface area contributed by atoms with Crippen LogP contribution in [0, 0.1) is 5.92 Å². The van der Waals surface area contributed by atoms with Crippen molar-refractivity contribution in [2.24, 2.45) is 11.7 Å². The standard InChI is InChI=1S/C16H24N2O/c1-12(13-7-3-2-4-8-13)18-15-10-6-5-9-14(15)11-16(17)19/h5-6,9-10,12-13,18H,2-4,7-8,11H2,1H3,(H2,17,19). The first kappa shape index (κ1) is 13.9. The molecule has 0 aromatic heterocycles. The number of nitrogens with one attached hydrogen (secondary N) is 1. The molecule has 3 nitrogen and oxygen atoms in total. The van der Waals surface area contributed by atoms with Gasteiger partial charge in [-0.15, -0.1) is 0 Å². The van der Waals surface area contributed by atoms with E-state index in [0.717, 1.165) is 17.2 Å². The highest BCUT2D eigenvalue weighted by atomic mass is 16.1. The molecule has 1 aromatic rings. The largest absolute Gasteiger partial charge is 0.382 e. The molecule has 0 bridgehead atoms. The predicted molar refractivity (Wildman–Crippen MR) is 79.0 cm³/mol. The minimum atomic E-state index is -0.278. The third-order valence-electron chi connectivity index (χ3n) is 4.12. The molecule has 2 rings (SSSR count). The average Bonchev–Trinajstić information content (AvgIpc) is 2.41. The van der Waals surface area contributed by atoms with Crippen LogP contribution in [0.1, 0.15) is 44.6 Å². The number of rotatable bonds is 5. The minimum absolute atomic E-state index is 0.278. The van der Waals surface area contributed by atoms with E-state index in [1.807, 2.05) is 24.3 Å². The van der Waals surface area contributed by atoms with Gasteiger partial charge in [-0.05, 0) is 37.3 Å². The van der Waals surface area contributed by atoms with Gasteiger partial charge < -0.3 is 11.1 Å². The quantitative estimate of drug-likeness (QED) is 0.854. The highest BCUT2D eigenvalue weighted by Gasteiger charge is 2.20. The van der Waals surface area contributed by atoms with Crippen LogP contribution in [0.25, 0.3) is 0 Å². The van der Waals surface area contributed by atoms with Crippen molar-refractivity contribution in [3.05, 3.63) is 29.8 Å². The van der Waals surface area contributed by atoms with E-state index in [4.69, 9.17) is 5.73 Å². The van der Waals surface area contributed by atoms with Gasteiger partial charge in [0.2, 0.25) is 5.91 Å². The molecule has 0 saturated heterocycles. The Morgan fingerprint density at radius 3 is 2.68 bits per heavy atom. The van der Waals surface area contributed by atoms with E-state index in [-0.39, 0.29) is 5.91 Å². The molecule has 1 atom stereocenters. The monoisotopic (exact) mass is 260 g/mol. The van der Waals surface area contributed by atoms with Crippen molar-refractivity contribution in [1.29, 1.82) is 0 Å². The fourth-order valence-corrected chi connectivity index (χ4v) is 3.00. The maximum Gasteiger partial charge on any atom is 0.221 e. The summed E-state index contributed by atoms with van der Waals surface area (Å²) in [4.78, 5) is 11.1. The van der Waals surface area contributed by atoms with Crippen LogP contribution in [-0.4, -0.2) is 11.9 Å². The lowest BCUT2D eigenvalue weighted by Crippen LogP contribution is -2.28. The first-order chi connectivity index (χ1) is 9.16. The topological polar surface area (TPSA) is 55.1 Å². The molecule has 1 unspecified atom stereocenters. The summed E-state index contributed by atoms with van der Waals surface area (Å²) < 4.78 is 0. The van der Waals surface area contributed by atoms with Crippen LogP contribution < -0.4 is 11.1 Å². The van der Waals surface area contributed by atoms with Gasteiger partial charge in [-0.1, -0.05) is 37.5 Å². The molecule has 3 N–H and O–H groups in total. The van der Waals surface area contributed by atoms with Crippen molar-refractivity contribution in [2.75, 3.05) is 5.32 Å². The van der Waals surface area contributed by atoms with Gasteiger partial charge in [0, 0.05) is 11.7 Å². The van der Waals surface area contributed by atoms with Crippen molar-refractivity contribution in [2.45, 2.75) is 51.5 Å². The predicted octanol–water partition coefficient (Wildman–Crippen LogP) is 3.10. The van der Waals surface area contributed by atoms with Gasteiger partial charge in [-0.25, -0.2) is 0 Å². The molecule has 1 aliphatic rings. The first-order valence-corrected chi connectivity index (χ1v) is 7.29.